The van der Waals surface area contributed by atoms with Crippen molar-refractivity contribution in [2.45, 2.75) is 38.8 Å². The van der Waals surface area contributed by atoms with Crippen LogP contribution in [0.25, 0.3) is 44.1 Å². The number of amides is 2. The molecule has 412 valence electrons. The number of fused-ring (bicyclic) bond motifs is 4. The van der Waals surface area contributed by atoms with Crippen LogP contribution in [-0.4, -0.2) is 143 Å². The van der Waals surface area contributed by atoms with E-state index in [9.17, 15) is 9.59 Å². The number of hydrogen-bond donors (Lipinski definition) is 2. The quantitative estimate of drug-likeness (QED) is 0.100. The number of ether oxygens (including phenoxy) is 2. The smallest absolute Gasteiger partial charge is 0.246 e. The number of aryl methyl sites for hydroxylation is 1. The number of rotatable bonds is 14. The summed E-state index contributed by atoms with van der Waals surface area (Å²) in [7, 11) is 1.80. The summed E-state index contributed by atoms with van der Waals surface area (Å²) in [4.78, 5) is 69.8. The van der Waals surface area contributed by atoms with Crippen LogP contribution < -0.4 is 29.9 Å². The molecule has 0 radical (unpaired) electrons. The topological polar surface area (TPSA) is 254 Å². The summed E-state index contributed by atoms with van der Waals surface area (Å²) >= 11 is 0. The second-order valence-electron chi connectivity index (χ2n) is 20.1. The number of halogens is 2. The summed E-state index contributed by atoms with van der Waals surface area (Å²) in [6.45, 7) is 10.6. The van der Waals surface area contributed by atoms with Crippen molar-refractivity contribution in [1.82, 2.24) is 79.7 Å². The van der Waals surface area contributed by atoms with Crippen molar-refractivity contribution in [3.05, 3.63) is 133 Å². The molecule has 1 aliphatic carbocycles. The highest BCUT2D eigenvalue weighted by Gasteiger charge is 2.53. The van der Waals surface area contributed by atoms with Gasteiger partial charge in [-0.05, 0) is 81.3 Å². The fourth-order valence-corrected chi connectivity index (χ4v) is 10.3. The van der Waals surface area contributed by atoms with Crippen LogP contribution in [0.4, 0.5) is 43.7 Å². The zero-order chi connectivity index (χ0) is 56.2. The predicted octanol–water partition coefficient (Wildman–Crippen LogP) is 7.42. The van der Waals surface area contributed by atoms with Crippen LogP contribution in [0, 0.1) is 25.5 Å². The number of allylic oxidation sites excluding steroid dienone is 1. The maximum Gasteiger partial charge on any atom is 0.246 e. The SMILES string of the molecule is C=CC(=O)N1CCN(c2ncc3ncnc(Nc4ccc(Oc5ccc6c(c5)nnn6C/C=C/C(=O)N5CCN(c6ncc7ncnc(Nc8ccc(Oc9ccc%10c(c9)nnn%10C)c(C)c8F)c7n6)CC56CC6)c(C)c4F)c3n2)CC1. The van der Waals surface area contributed by atoms with E-state index in [0.717, 1.165) is 18.4 Å². The van der Waals surface area contributed by atoms with E-state index in [1.165, 1.54) is 18.7 Å². The Bertz CT molecular complexity index is 4240. The maximum atomic E-state index is 16.1. The van der Waals surface area contributed by atoms with Gasteiger partial charge in [-0.2, -0.15) is 0 Å². The minimum Gasteiger partial charge on any atom is -0.457 e. The zero-order valence-electron chi connectivity index (χ0n) is 44.5. The monoisotopic (exact) mass is 1100 g/mol. The molecular formula is C56H50F2N20O4. The highest BCUT2D eigenvalue weighted by molar-refractivity contribution is 5.91. The van der Waals surface area contributed by atoms with Gasteiger partial charge in [0, 0.05) is 82.2 Å². The highest BCUT2D eigenvalue weighted by Crippen LogP contribution is 2.45. The van der Waals surface area contributed by atoms with E-state index in [-0.39, 0.29) is 40.8 Å². The number of anilines is 6. The molecule has 1 spiro atoms. The number of hydrogen-bond acceptors (Lipinski definition) is 20. The van der Waals surface area contributed by atoms with Crippen molar-refractivity contribution in [3.8, 4) is 23.0 Å². The zero-order valence-corrected chi connectivity index (χ0v) is 44.5. The highest BCUT2D eigenvalue weighted by atomic mass is 19.1. The van der Waals surface area contributed by atoms with Crippen LogP contribution in [0.15, 0.2) is 111 Å². The van der Waals surface area contributed by atoms with Gasteiger partial charge in [-0.3, -0.25) is 9.59 Å². The van der Waals surface area contributed by atoms with Gasteiger partial charge < -0.3 is 39.7 Å². The van der Waals surface area contributed by atoms with Gasteiger partial charge in [-0.15, -0.1) is 10.2 Å². The minimum atomic E-state index is -0.544. The van der Waals surface area contributed by atoms with Crippen LogP contribution in [0.3, 0.4) is 0 Å². The fourth-order valence-electron chi connectivity index (χ4n) is 10.3. The van der Waals surface area contributed by atoms with Gasteiger partial charge >= 0.3 is 0 Å². The Labute approximate surface area is 465 Å². The lowest BCUT2D eigenvalue weighted by Crippen LogP contribution is -2.57. The second kappa shape index (κ2) is 20.7. The van der Waals surface area contributed by atoms with E-state index in [1.807, 2.05) is 21.9 Å². The molecule has 2 amide bonds. The Morgan fingerprint density at radius 3 is 1.82 bits per heavy atom. The summed E-state index contributed by atoms with van der Waals surface area (Å²) in [6, 6.07) is 17.2. The molecule has 0 bridgehead atoms. The number of carbonyl (C=O) groups is 2. The first-order chi connectivity index (χ1) is 39.9. The van der Waals surface area contributed by atoms with Gasteiger partial charge in [0.25, 0.3) is 0 Å². The number of benzene rings is 4. The van der Waals surface area contributed by atoms with Crippen LogP contribution in [0.5, 0.6) is 23.0 Å². The summed E-state index contributed by atoms with van der Waals surface area (Å²) in [5, 5.41) is 23.1. The average molecular weight is 1110 g/mol. The van der Waals surface area contributed by atoms with E-state index in [1.54, 1.807) is 108 Å². The molecule has 4 aromatic carbocycles. The number of piperazine rings is 2. The van der Waals surface area contributed by atoms with E-state index in [2.05, 4.69) is 72.6 Å². The van der Waals surface area contributed by atoms with Crippen molar-refractivity contribution in [2.24, 2.45) is 7.05 Å². The van der Waals surface area contributed by atoms with Crippen LogP contribution in [0.2, 0.25) is 0 Å². The van der Waals surface area contributed by atoms with Gasteiger partial charge in [0.2, 0.25) is 23.7 Å². The number of aromatic nitrogens is 14. The molecule has 2 saturated heterocycles. The third-order valence-corrected chi connectivity index (χ3v) is 15.0. The minimum absolute atomic E-state index is 0.112. The van der Waals surface area contributed by atoms with E-state index >= 15 is 8.78 Å². The molecule has 26 heteroatoms. The molecule has 0 atom stereocenters. The molecule has 82 heavy (non-hydrogen) atoms. The molecule has 6 aromatic heterocycles. The van der Waals surface area contributed by atoms with Crippen LogP contribution in [0.1, 0.15) is 24.0 Å². The van der Waals surface area contributed by atoms with Gasteiger partial charge in [0.15, 0.2) is 23.3 Å². The average Bonchev–Trinajstić information content (AvgIpc) is 4.13. The molecule has 8 heterocycles. The molecule has 0 unspecified atom stereocenters. The Morgan fingerprint density at radius 2 is 1.22 bits per heavy atom. The molecule has 13 rings (SSSR count). The van der Waals surface area contributed by atoms with Crippen molar-refractivity contribution in [3.63, 3.8) is 0 Å². The van der Waals surface area contributed by atoms with Crippen LogP contribution in [-0.2, 0) is 23.2 Å². The van der Waals surface area contributed by atoms with Gasteiger partial charge in [-0.1, -0.05) is 23.1 Å². The second-order valence-corrected chi connectivity index (χ2v) is 20.1. The van der Waals surface area contributed by atoms with Crippen molar-refractivity contribution >= 4 is 90.9 Å². The Hall–Kier alpha value is -10.4. The van der Waals surface area contributed by atoms with E-state index in [0.29, 0.717) is 137 Å². The third-order valence-electron chi connectivity index (χ3n) is 15.0. The van der Waals surface area contributed by atoms with Gasteiger partial charge in [0.05, 0.1) is 46.9 Å². The molecule has 24 nitrogen and oxygen atoms in total. The molecule has 10 aromatic rings. The first-order valence-corrected chi connectivity index (χ1v) is 26.3. The fraction of sp³-hybridized carbons (Fsp3) is 0.250. The molecule has 3 fully saturated rings. The first-order valence-electron chi connectivity index (χ1n) is 26.3. The lowest BCUT2D eigenvalue weighted by Gasteiger charge is -2.41. The number of nitrogens with zero attached hydrogens (tertiary/aromatic N) is 18. The Morgan fingerprint density at radius 1 is 0.659 bits per heavy atom. The first kappa shape index (κ1) is 51.1. The van der Waals surface area contributed by atoms with E-state index in [4.69, 9.17) is 19.4 Å². The molecule has 2 aliphatic heterocycles. The Kier molecular flexibility index (Phi) is 12.9. The van der Waals surface area contributed by atoms with Crippen molar-refractivity contribution in [2.75, 3.05) is 66.2 Å². The van der Waals surface area contributed by atoms with Gasteiger partial charge in [0.1, 0.15) is 68.8 Å². The lowest BCUT2D eigenvalue weighted by molar-refractivity contribution is -0.129. The molecule has 2 N–H and O–H groups in total. The number of nitrogens with one attached hydrogen (secondary N) is 2. The normalized spacial score (nSPS) is 15.1. The summed E-state index contributed by atoms with van der Waals surface area (Å²) in [6.07, 6.45) is 12.2. The predicted molar refractivity (Wildman–Crippen MR) is 299 cm³/mol. The Balaban J connectivity index is 0.630. The summed E-state index contributed by atoms with van der Waals surface area (Å²) in [5.74, 6) is 1.78. The van der Waals surface area contributed by atoms with Crippen molar-refractivity contribution < 1.29 is 27.8 Å². The molecule has 3 aliphatic rings. The summed E-state index contributed by atoms with van der Waals surface area (Å²) in [5.41, 5.74) is 5.05. The van der Waals surface area contributed by atoms with Gasteiger partial charge in [-0.25, -0.2) is 58.0 Å². The van der Waals surface area contributed by atoms with E-state index < -0.39 is 11.6 Å². The maximum absolute atomic E-state index is 16.1. The third kappa shape index (κ3) is 9.61. The molecule has 1 saturated carbocycles. The number of carbonyl (C=O) groups excluding carboxylic acids is 2. The standard InChI is InChI=1S/C56H50F2N20O4/c1-5-46(79)74-19-21-75(22-20-74)54-59-27-40-50(67-54)52(63-30-61-40)65-36-11-15-45(33(3)49(36)58)82-35-9-13-43-39(26-35)70-72-78(43)18-6-7-47(80)77-24-23-76(29-56(77)16-17-56)55-60-28-41-51(68-55)53(64-31-62-41)66-37-10-14-44(32(2)48(37)57)81-34-8-12-42-38(25-34)69-71-73(42)4/h5-15,25-28,30-31H,1,16-24,29H2,2-4H3,(H,61,63,65)(H,62,64,66)/b7-6+. The summed E-state index contributed by atoms with van der Waals surface area (Å²) < 4.78 is 47.7. The molecular weight excluding hydrogens is 1050 g/mol. The lowest BCUT2D eigenvalue weighted by atomic mass is 10.1. The van der Waals surface area contributed by atoms with Crippen LogP contribution >= 0.6 is 0 Å². The van der Waals surface area contributed by atoms with Crippen molar-refractivity contribution in [1.29, 1.82) is 0 Å². The largest absolute Gasteiger partial charge is 0.457 e.